The predicted molar refractivity (Wildman–Crippen MR) is 68.1 cm³/mol. The molecule has 0 rings (SSSR count). The minimum atomic E-state index is -3.38. The molecule has 102 valence electrons. The van der Waals surface area contributed by atoms with Crippen molar-refractivity contribution in [2.45, 2.75) is 32.6 Å². The van der Waals surface area contributed by atoms with Crippen molar-refractivity contribution in [3.05, 3.63) is 0 Å². The number of amides is 1. The molecule has 1 atom stereocenters. The van der Waals surface area contributed by atoms with Gasteiger partial charge in [0.15, 0.2) is 8.38 Å². The molecule has 0 saturated heterocycles. The van der Waals surface area contributed by atoms with Gasteiger partial charge in [-0.3, -0.25) is 9.36 Å². The molecule has 4 N–H and O–H groups in total. The van der Waals surface area contributed by atoms with Crippen molar-refractivity contribution in [3.63, 3.8) is 0 Å². The third-order valence-electron chi connectivity index (χ3n) is 2.18. The molecule has 1 unspecified atom stereocenters. The fourth-order valence-electron chi connectivity index (χ4n) is 1.28. The molecule has 0 aliphatic rings. The van der Waals surface area contributed by atoms with E-state index in [1.807, 2.05) is 0 Å². The summed E-state index contributed by atoms with van der Waals surface area (Å²) in [5.74, 6) is -0.404. The minimum absolute atomic E-state index is 0.00373. The molecule has 8 heteroatoms. The summed E-state index contributed by atoms with van der Waals surface area (Å²) in [7, 11) is -5.68. The summed E-state index contributed by atoms with van der Waals surface area (Å²) in [6.45, 7) is 2.36. The van der Waals surface area contributed by atoms with E-state index < -0.39 is 21.6 Å². The van der Waals surface area contributed by atoms with E-state index in [2.05, 4.69) is 5.32 Å². The van der Waals surface area contributed by atoms with Gasteiger partial charge < -0.3 is 20.0 Å². The van der Waals surface area contributed by atoms with Crippen LogP contribution in [0.2, 0.25) is 0 Å². The van der Waals surface area contributed by atoms with Gasteiger partial charge in [-0.2, -0.15) is 0 Å². The van der Waals surface area contributed by atoms with Gasteiger partial charge in [-0.25, -0.2) is 0 Å². The van der Waals surface area contributed by atoms with E-state index in [0.29, 0.717) is 19.4 Å². The Bertz CT molecular complexity index is 272. The fourth-order valence-corrected chi connectivity index (χ4v) is 4.15. The van der Waals surface area contributed by atoms with Crippen LogP contribution in [0.3, 0.4) is 0 Å². The van der Waals surface area contributed by atoms with Crippen LogP contribution in [0.5, 0.6) is 0 Å². The Labute approximate surface area is 103 Å². The summed E-state index contributed by atoms with van der Waals surface area (Å²) in [5.41, 5.74) is 0. The van der Waals surface area contributed by atoms with E-state index in [1.165, 1.54) is 0 Å². The third-order valence-corrected chi connectivity index (χ3v) is 5.97. The van der Waals surface area contributed by atoms with Crippen LogP contribution in [-0.2, 0) is 9.36 Å². The quantitative estimate of drug-likeness (QED) is 0.376. The van der Waals surface area contributed by atoms with E-state index in [1.54, 1.807) is 6.92 Å². The zero-order valence-electron chi connectivity index (χ0n) is 10.0. The molecule has 0 spiro atoms. The Kier molecular flexibility index (Phi) is 9.01. The number of nitrogens with one attached hydrogen (secondary N) is 1. The molecule has 1 amide bonds. The maximum Gasteiger partial charge on any atom is 0.219 e. The maximum atomic E-state index is 11.4. The molecule has 0 aliphatic heterocycles. The number of carbonyl (C=O) groups is 1. The predicted octanol–water partition coefficient (Wildman–Crippen LogP) is 1.21. The van der Waals surface area contributed by atoms with E-state index in [4.69, 9.17) is 9.79 Å². The molecular formula is C9H21NO5P2. The van der Waals surface area contributed by atoms with Gasteiger partial charge in [0, 0.05) is 19.1 Å². The van der Waals surface area contributed by atoms with E-state index in [0.717, 1.165) is 12.8 Å². The third kappa shape index (κ3) is 10.9. The van der Waals surface area contributed by atoms with Crippen molar-refractivity contribution in [1.82, 2.24) is 5.32 Å². The van der Waals surface area contributed by atoms with Gasteiger partial charge in [0.1, 0.15) is 0 Å². The molecule has 0 radical (unpaired) electrons. The van der Waals surface area contributed by atoms with Crippen molar-refractivity contribution in [2.24, 2.45) is 0 Å². The Balaban J connectivity index is 3.51. The molecule has 0 aromatic rings. The fraction of sp³-hybridized carbons (Fsp3) is 0.889. The molecule has 0 fully saturated rings. The molecule has 0 saturated carbocycles. The minimum Gasteiger partial charge on any atom is -0.356 e. The van der Waals surface area contributed by atoms with Crippen LogP contribution < -0.4 is 5.32 Å². The SMILES string of the molecule is CCC(=O)NCCCCCP(=O)(O)CP(O)O. The molecule has 17 heavy (non-hydrogen) atoms. The Morgan fingerprint density at radius 2 is 1.94 bits per heavy atom. The number of rotatable bonds is 9. The second-order valence-electron chi connectivity index (χ2n) is 3.85. The lowest BCUT2D eigenvalue weighted by molar-refractivity contribution is -0.120. The normalized spacial score (nSPS) is 14.6. The van der Waals surface area contributed by atoms with Crippen molar-refractivity contribution in [2.75, 3.05) is 18.6 Å². The van der Waals surface area contributed by atoms with Crippen LogP contribution in [0.25, 0.3) is 0 Å². The number of carbonyl (C=O) groups excluding carboxylic acids is 1. The summed E-state index contributed by atoms with van der Waals surface area (Å²) in [5, 5.41) is 2.71. The number of hydrogen-bond donors (Lipinski definition) is 4. The Hall–Kier alpha value is 0.01000. The van der Waals surface area contributed by atoms with E-state index in [9.17, 15) is 14.3 Å². The van der Waals surface area contributed by atoms with Gasteiger partial charge in [-0.05, 0) is 12.8 Å². The maximum absolute atomic E-state index is 11.4. The van der Waals surface area contributed by atoms with Crippen LogP contribution in [0.1, 0.15) is 32.6 Å². The lowest BCUT2D eigenvalue weighted by Gasteiger charge is -2.11. The summed E-state index contributed by atoms with van der Waals surface area (Å²) < 4.78 is 11.4. The van der Waals surface area contributed by atoms with Gasteiger partial charge in [0.2, 0.25) is 13.3 Å². The van der Waals surface area contributed by atoms with Gasteiger partial charge in [-0.1, -0.05) is 13.3 Å². The second kappa shape index (κ2) is 9.01. The van der Waals surface area contributed by atoms with Gasteiger partial charge in [0.25, 0.3) is 0 Å². The van der Waals surface area contributed by atoms with Crippen LogP contribution in [0.15, 0.2) is 0 Å². The van der Waals surface area contributed by atoms with Crippen molar-refractivity contribution < 1.29 is 24.0 Å². The molecule has 0 aromatic carbocycles. The summed E-state index contributed by atoms with van der Waals surface area (Å²) >= 11 is 0. The first-order valence-corrected chi connectivity index (χ1v) is 9.06. The van der Waals surface area contributed by atoms with Crippen LogP contribution in [0.4, 0.5) is 0 Å². The molecule has 0 aliphatic carbocycles. The smallest absolute Gasteiger partial charge is 0.219 e. The molecule has 0 heterocycles. The topological polar surface area (TPSA) is 107 Å². The highest BCUT2D eigenvalue weighted by Crippen LogP contribution is 2.50. The standard InChI is InChI=1S/C9H21NO5P2/c1-2-9(11)10-6-4-3-5-7-17(14,15)8-16(12)13/h12-13H,2-8H2,1H3,(H,10,11)(H,14,15). The lowest BCUT2D eigenvalue weighted by atomic mass is 10.2. The first-order valence-electron chi connectivity index (χ1n) is 5.60. The van der Waals surface area contributed by atoms with E-state index in [-0.39, 0.29) is 12.1 Å². The average Bonchev–Trinajstić information content (AvgIpc) is 2.20. The molecule has 0 aromatic heterocycles. The highest BCUT2D eigenvalue weighted by molar-refractivity contribution is 7.70. The lowest BCUT2D eigenvalue weighted by Crippen LogP contribution is -2.23. The Morgan fingerprint density at radius 3 is 2.47 bits per heavy atom. The Morgan fingerprint density at radius 1 is 1.29 bits per heavy atom. The second-order valence-corrected chi connectivity index (χ2v) is 7.86. The monoisotopic (exact) mass is 285 g/mol. The van der Waals surface area contributed by atoms with Crippen molar-refractivity contribution in [1.29, 1.82) is 0 Å². The molecule has 0 bridgehead atoms. The number of hydrogen-bond acceptors (Lipinski definition) is 4. The van der Waals surface area contributed by atoms with Gasteiger partial charge in [-0.15, -0.1) is 0 Å². The summed E-state index contributed by atoms with van der Waals surface area (Å²) in [4.78, 5) is 37.5. The first kappa shape index (κ1) is 17.0. The summed E-state index contributed by atoms with van der Waals surface area (Å²) in [6, 6.07) is 0. The molecular weight excluding hydrogens is 264 g/mol. The molecule has 6 nitrogen and oxygen atoms in total. The summed E-state index contributed by atoms with van der Waals surface area (Å²) in [6.07, 6.45) is 2.62. The van der Waals surface area contributed by atoms with Gasteiger partial charge in [0.05, 0.1) is 5.90 Å². The largest absolute Gasteiger partial charge is 0.356 e. The highest BCUT2D eigenvalue weighted by atomic mass is 31.2. The number of unbranched alkanes of at least 4 members (excludes halogenated alkanes) is 2. The zero-order valence-corrected chi connectivity index (χ0v) is 11.8. The zero-order chi connectivity index (χ0) is 13.3. The van der Waals surface area contributed by atoms with Gasteiger partial charge >= 0.3 is 0 Å². The van der Waals surface area contributed by atoms with Crippen LogP contribution in [0, 0.1) is 0 Å². The first-order chi connectivity index (χ1) is 7.87. The van der Waals surface area contributed by atoms with Crippen molar-refractivity contribution >= 4 is 21.7 Å². The van der Waals surface area contributed by atoms with Crippen LogP contribution >= 0.6 is 15.7 Å². The van der Waals surface area contributed by atoms with Crippen molar-refractivity contribution in [3.8, 4) is 0 Å². The van der Waals surface area contributed by atoms with E-state index >= 15 is 0 Å². The highest BCUT2D eigenvalue weighted by Gasteiger charge is 2.21. The average molecular weight is 285 g/mol. The van der Waals surface area contributed by atoms with Crippen LogP contribution in [-0.4, -0.2) is 39.2 Å².